The van der Waals surface area contributed by atoms with E-state index in [4.69, 9.17) is 9.47 Å². The molecule has 0 rings (SSSR count). The first-order valence-electron chi connectivity index (χ1n) is 36.9. The minimum absolute atomic E-state index is 0.0284. The van der Waals surface area contributed by atoms with Gasteiger partial charge in [0.15, 0.2) is 0 Å². The highest BCUT2D eigenvalue weighted by molar-refractivity contribution is 5.69. The average molecular weight is 1100 g/mol. The van der Waals surface area contributed by atoms with E-state index < -0.39 is 0 Å². The molecule has 1 unspecified atom stereocenters. The molecule has 0 aliphatic carbocycles. The van der Waals surface area contributed by atoms with E-state index >= 15 is 0 Å². The lowest BCUT2D eigenvalue weighted by Gasteiger charge is -2.18. The van der Waals surface area contributed by atoms with Crippen molar-refractivity contribution < 1.29 is 19.1 Å². The zero-order valence-corrected chi connectivity index (χ0v) is 54.9. The fourth-order valence-electron chi connectivity index (χ4n) is 11.5. The Balaban J connectivity index is 0. The van der Waals surface area contributed by atoms with Crippen molar-refractivity contribution in [3.8, 4) is 0 Å². The SMILES string of the molecule is CCCCCCCCCCCCCCCCCC(=O)OC(CCCCCCCC)CCCCCCCCCCC.CCCCCCCCCCCCCCCCCCOC(=O)CCCCCCCCCCCCCCCCC. The molecule has 0 aliphatic rings. The van der Waals surface area contributed by atoms with E-state index in [1.54, 1.807) is 0 Å². The number of hydrogen-bond acceptors (Lipinski definition) is 4. The van der Waals surface area contributed by atoms with Gasteiger partial charge in [0, 0.05) is 12.8 Å². The largest absolute Gasteiger partial charge is 0.466 e. The smallest absolute Gasteiger partial charge is 0.306 e. The summed E-state index contributed by atoms with van der Waals surface area (Å²) < 4.78 is 11.5. The Bertz CT molecular complexity index is 1070. The molecule has 0 aliphatic heterocycles. The molecule has 1 atom stereocenters. The van der Waals surface area contributed by atoms with E-state index in [0.717, 1.165) is 32.1 Å². The van der Waals surface area contributed by atoms with Crippen molar-refractivity contribution in [3.05, 3.63) is 0 Å². The normalized spacial score (nSPS) is 11.8. The minimum atomic E-state index is 0.0284. The third-order valence-corrected chi connectivity index (χ3v) is 17.0. The molecule has 0 N–H and O–H groups in total. The van der Waals surface area contributed by atoms with Crippen LogP contribution in [-0.2, 0) is 19.1 Å². The van der Waals surface area contributed by atoms with E-state index in [1.807, 2.05) is 0 Å². The lowest BCUT2D eigenvalue weighted by atomic mass is 10.0. The third-order valence-electron chi connectivity index (χ3n) is 17.0. The molecule has 0 bridgehead atoms. The fourth-order valence-corrected chi connectivity index (χ4v) is 11.5. The van der Waals surface area contributed by atoms with Gasteiger partial charge in [0.25, 0.3) is 0 Å². The molecule has 0 aromatic carbocycles. The number of hydrogen-bond donors (Lipinski definition) is 0. The molecular weight excluding hydrogens is 953 g/mol. The summed E-state index contributed by atoms with van der Waals surface area (Å²) in [5.41, 5.74) is 0. The molecule has 78 heavy (non-hydrogen) atoms. The lowest BCUT2D eigenvalue weighted by molar-refractivity contribution is -0.150. The average Bonchev–Trinajstić information content (AvgIpc) is 3.44. The predicted octanol–water partition coefficient (Wildman–Crippen LogP) is 26.9. The predicted molar refractivity (Wildman–Crippen MR) is 349 cm³/mol. The Morgan fingerprint density at radius 3 is 0.628 bits per heavy atom. The second kappa shape index (κ2) is 74.0. The van der Waals surface area contributed by atoms with Crippen LogP contribution in [0.2, 0.25) is 0 Å². The third kappa shape index (κ3) is 73.0. The summed E-state index contributed by atoms with van der Waals surface area (Å²) in [6.07, 6.45) is 86.5. The maximum atomic E-state index is 12.6. The van der Waals surface area contributed by atoms with Crippen molar-refractivity contribution in [1.82, 2.24) is 0 Å². The van der Waals surface area contributed by atoms with Crippen LogP contribution in [0.5, 0.6) is 0 Å². The van der Waals surface area contributed by atoms with Crippen molar-refractivity contribution in [1.29, 1.82) is 0 Å². The Labute approximate surface area is 493 Å². The van der Waals surface area contributed by atoms with Crippen molar-refractivity contribution in [2.45, 2.75) is 458 Å². The van der Waals surface area contributed by atoms with Gasteiger partial charge in [-0.05, 0) is 44.9 Å². The highest BCUT2D eigenvalue weighted by Crippen LogP contribution is 2.21. The summed E-state index contributed by atoms with van der Waals surface area (Å²) in [6.45, 7) is 12.1. The minimum Gasteiger partial charge on any atom is -0.466 e. The molecule has 0 aromatic heterocycles. The fraction of sp³-hybridized carbons (Fsp3) is 0.973. The van der Waals surface area contributed by atoms with Gasteiger partial charge >= 0.3 is 11.9 Å². The van der Waals surface area contributed by atoms with Gasteiger partial charge in [0.1, 0.15) is 6.10 Å². The molecular formula is C74H148O4. The molecule has 0 saturated carbocycles. The molecule has 0 aromatic rings. The summed E-state index contributed by atoms with van der Waals surface area (Å²) in [6, 6.07) is 0. The maximum Gasteiger partial charge on any atom is 0.306 e. The van der Waals surface area contributed by atoms with Gasteiger partial charge in [0.05, 0.1) is 6.61 Å². The second-order valence-electron chi connectivity index (χ2n) is 25.2. The summed E-state index contributed by atoms with van der Waals surface area (Å²) >= 11 is 0. The Morgan fingerprint density at radius 2 is 0.397 bits per heavy atom. The number of rotatable bonds is 67. The Morgan fingerprint density at radius 1 is 0.218 bits per heavy atom. The van der Waals surface area contributed by atoms with Crippen molar-refractivity contribution in [3.63, 3.8) is 0 Å². The first-order valence-corrected chi connectivity index (χ1v) is 36.9. The van der Waals surface area contributed by atoms with Crippen LogP contribution in [-0.4, -0.2) is 24.6 Å². The number of carbonyl (C=O) groups excluding carboxylic acids is 2. The standard InChI is InChI=1S/C38H76O2.C36H72O2/c1-4-7-10-13-16-18-19-20-21-22-23-25-27-30-33-36-38(39)40-37(34-31-28-15-12-9-6-3)35-32-29-26-24-17-14-11-8-5-2;1-3-5-7-9-11-13-15-17-19-21-23-25-27-29-31-33-35-38-36(37)34-32-30-28-26-24-22-20-18-16-14-12-10-8-6-4-2/h37H,4-36H2,1-3H3;3-35H2,1-2H3. The number of carbonyl (C=O) groups is 2. The molecule has 0 heterocycles. The van der Waals surface area contributed by atoms with Crippen LogP contribution in [0.1, 0.15) is 452 Å². The van der Waals surface area contributed by atoms with Crippen LogP contribution in [0.4, 0.5) is 0 Å². The molecule has 468 valence electrons. The van der Waals surface area contributed by atoms with Crippen molar-refractivity contribution in [2.75, 3.05) is 6.61 Å². The first kappa shape index (κ1) is 79.0. The van der Waals surface area contributed by atoms with Gasteiger partial charge in [-0.1, -0.05) is 394 Å². The number of ether oxygens (including phenoxy) is 2. The van der Waals surface area contributed by atoms with E-state index in [-0.39, 0.29) is 18.0 Å². The van der Waals surface area contributed by atoms with Crippen molar-refractivity contribution >= 4 is 11.9 Å². The molecule has 4 nitrogen and oxygen atoms in total. The van der Waals surface area contributed by atoms with Gasteiger partial charge in [-0.25, -0.2) is 0 Å². The van der Waals surface area contributed by atoms with Gasteiger partial charge in [-0.3, -0.25) is 9.59 Å². The van der Waals surface area contributed by atoms with Gasteiger partial charge in [-0.15, -0.1) is 0 Å². The summed E-state index contributed by atoms with van der Waals surface area (Å²) in [4.78, 5) is 24.5. The summed E-state index contributed by atoms with van der Waals surface area (Å²) in [5, 5.41) is 0. The first-order chi connectivity index (χ1) is 38.5. The van der Waals surface area contributed by atoms with Crippen molar-refractivity contribution in [2.24, 2.45) is 0 Å². The van der Waals surface area contributed by atoms with Crippen LogP contribution in [0.25, 0.3) is 0 Å². The number of unbranched alkanes of at least 4 members (excludes halogenated alkanes) is 56. The van der Waals surface area contributed by atoms with Gasteiger partial charge < -0.3 is 9.47 Å². The highest BCUT2D eigenvalue weighted by Gasteiger charge is 2.14. The second-order valence-corrected chi connectivity index (χ2v) is 25.2. The van der Waals surface area contributed by atoms with Crippen LogP contribution >= 0.6 is 0 Å². The van der Waals surface area contributed by atoms with Crippen LogP contribution < -0.4 is 0 Å². The van der Waals surface area contributed by atoms with Crippen LogP contribution in [0.15, 0.2) is 0 Å². The molecule has 0 fully saturated rings. The van der Waals surface area contributed by atoms with Crippen LogP contribution in [0.3, 0.4) is 0 Å². The Kier molecular flexibility index (Phi) is 74.9. The highest BCUT2D eigenvalue weighted by atomic mass is 16.5. The summed E-state index contributed by atoms with van der Waals surface area (Å²) in [7, 11) is 0. The maximum absolute atomic E-state index is 12.6. The monoisotopic (exact) mass is 1100 g/mol. The summed E-state index contributed by atoms with van der Waals surface area (Å²) in [5.74, 6) is 0.0993. The number of esters is 2. The molecule has 0 radical (unpaired) electrons. The zero-order valence-electron chi connectivity index (χ0n) is 54.9. The lowest BCUT2D eigenvalue weighted by Crippen LogP contribution is -2.18. The van der Waals surface area contributed by atoms with E-state index in [2.05, 4.69) is 34.6 Å². The van der Waals surface area contributed by atoms with E-state index in [0.29, 0.717) is 19.4 Å². The molecule has 4 heteroatoms. The van der Waals surface area contributed by atoms with E-state index in [1.165, 1.54) is 372 Å². The van der Waals surface area contributed by atoms with E-state index in [9.17, 15) is 9.59 Å². The van der Waals surface area contributed by atoms with Gasteiger partial charge in [0.2, 0.25) is 0 Å². The molecule has 0 saturated heterocycles. The molecule has 0 amide bonds. The van der Waals surface area contributed by atoms with Crippen LogP contribution in [0, 0.1) is 0 Å². The van der Waals surface area contributed by atoms with Gasteiger partial charge in [-0.2, -0.15) is 0 Å². The topological polar surface area (TPSA) is 52.6 Å². The quantitative estimate of drug-likeness (QED) is 0.0450. The Hall–Kier alpha value is -1.06. The molecule has 0 spiro atoms. The zero-order chi connectivity index (χ0) is 56.8.